The van der Waals surface area contributed by atoms with Gasteiger partial charge in [0.25, 0.3) is 0 Å². The van der Waals surface area contributed by atoms with Gasteiger partial charge in [0.2, 0.25) is 0 Å². The molecule has 0 spiro atoms. The van der Waals surface area contributed by atoms with E-state index in [0.717, 1.165) is 11.1 Å². The van der Waals surface area contributed by atoms with Crippen LogP contribution in [0.1, 0.15) is 28.4 Å². The van der Waals surface area contributed by atoms with E-state index in [1.54, 1.807) is 0 Å². The van der Waals surface area contributed by atoms with Crippen LogP contribution in [0.5, 0.6) is 0 Å². The Morgan fingerprint density at radius 2 is 0.909 bits per heavy atom. The molecule has 3 atom stereocenters. The molecular weight excluding hydrogens is 406 g/mol. The van der Waals surface area contributed by atoms with E-state index >= 15 is 0 Å². The molecule has 3 nitrogen and oxygen atoms in total. The van der Waals surface area contributed by atoms with E-state index in [1.807, 2.05) is 84.9 Å². The second-order valence-electron chi connectivity index (χ2n) is 8.48. The van der Waals surface area contributed by atoms with Crippen LogP contribution in [0.15, 0.2) is 121 Å². The van der Waals surface area contributed by atoms with Gasteiger partial charge in [0.05, 0.1) is 6.10 Å². The molecular formula is C30H31NO2. The highest BCUT2D eigenvalue weighted by Gasteiger charge is 2.32. The average molecular weight is 438 g/mol. The number of hydrogen-bond donors (Lipinski definition) is 2. The van der Waals surface area contributed by atoms with Crippen molar-refractivity contribution in [3.63, 3.8) is 0 Å². The van der Waals surface area contributed by atoms with E-state index in [0.29, 0.717) is 19.5 Å². The molecule has 0 unspecified atom stereocenters. The summed E-state index contributed by atoms with van der Waals surface area (Å²) < 4.78 is 0. The molecule has 0 aliphatic carbocycles. The number of rotatable bonds is 10. The summed E-state index contributed by atoms with van der Waals surface area (Å²) in [5, 5.41) is 22.7. The molecule has 0 saturated carbocycles. The SMILES string of the molecule is O[C@H]([C@@H](O)c1ccccc1)[C@H](Cc1ccccc1)N(Cc1ccccc1)Cc1ccccc1. The lowest BCUT2D eigenvalue weighted by Gasteiger charge is -2.37. The number of aliphatic hydroxyl groups is 2. The van der Waals surface area contributed by atoms with Crippen molar-refractivity contribution in [2.75, 3.05) is 0 Å². The van der Waals surface area contributed by atoms with Gasteiger partial charge in [0, 0.05) is 19.1 Å². The van der Waals surface area contributed by atoms with Gasteiger partial charge in [-0.15, -0.1) is 0 Å². The molecule has 0 radical (unpaired) electrons. The van der Waals surface area contributed by atoms with Crippen LogP contribution in [-0.2, 0) is 19.5 Å². The van der Waals surface area contributed by atoms with Crippen LogP contribution in [0.4, 0.5) is 0 Å². The van der Waals surface area contributed by atoms with Gasteiger partial charge in [-0.3, -0.25) is 4.90 Å². The zero-order valence-corrected chi connectivity index (χ0v) is 18.7. The molecule has 2 N–H and O–H groups in total. The van der Waals surface area contributed by atoms with E-state index in [4.69, 9.17) is 0 Å². The fraction of sp³-hybridized carbons (Fsp3) is 0.200. The highest BCUT2D eigenvalue weighted by molar-refractivity contribution is 5.23. The largest absolute Gasteiger partial charge is 0.388 e. The second kappa shape index (κ2) is 11.6. The summed E-state index contributed by atoms with van der Waals surface area (Å²) in [5.74, 6) is 0. The highest BCUT2D eigenvalue weighted by atomic mass is 16.3. The fourth-order valence-electron chi connectivity index (χ4n) is 4.31. The lowest BCUT2D eigenvalue weighted by atomic mass is 9.92. The van der Waals surface area contributed by atoms with Crippen LogP contribution < -0.4 is 0 Å². The molecule has 4 aromatic carbocycles. The lowest BCUT2D eigenvalue weighted by molar-refractivity contribution is -0.0451. The Kier molecular flexibility index (Phi) is 8.04. The normalized spacial score (nSPS) is 14.0. The molecule has 4 rings (SSSR count). The van der Waals surface area contributed by atoms with Crippen molar-refractivity contribution in [3.05, 3.63) is 144 Å². The summed E-state index contributed by atoms with van der Waals surface area (Å²) in [4.78, 5) is 2.29. The van der Waals surface area contributed by atoms with Crippen molar-refractivity contribution in [2.45, 2.75) is 37.8 Å². The first-order valence-electron chi connectivity index (χ1n) is 11.5. The summed E-state index contributed by atoms with van der Waals surface area (Å²) in [6, 6.07) is 40.0. The minimum Gasteiger partial charge on any atom is -0.388 e. The van der Waals surface area contributed by atoms with Gasteiger partial charge in [-0.05, 0) is 28.7 Å². The van der Waals surface area contributed by atoms with Crippen molar-refractivity contribution >= 4 is 0 Å². The van der Waals surface area contributed by atoms with Crippen LogP contribution in [0, 0.1) is 0 Å². The number of benzene rings is 4. The molecule has 0 heterocycles. The van der Waals surface area contributed by atoms with E-state index in [9.17, 15) is 10.2 Å². The van der Waals surface area contributed by atoms with Crippen LogP contribution in [0.3, 0.4) is 0 Å². The average Bonchev–Trinajstić information content (AvgIpc) is 2.88. The van der Waals surface area contributed by atoms with E-state index in [2.05, 4.69) is 41.3 Å². The van der Waals surface area contributed by atoms with Crippen molar-refractivity contribution in [1.29, 1.82) is 0 Å². The van der Waals surface area contributed by atoms with Gasteiger partial charge in [-0.1, -0.05) is 121 Å². The quantitative estimate of drug-likeness (QED) is 0.349. The molecule has 0 aliphatic rings. The first-order chi connectivity index (χ1) is 16.2. The number of aliphatic hydroxyl groups excluding tert-OH is 2. The van der Waals surface area contributed by atoms with Crippen LogP contribution in [0.2, 0.25) is 0 Å². The molecule has 0 aromatic heterocycles. The van der Waals surface area contributed by atoms with Gasteiger partial charge in [0.15, 0.2) is 0 Å². The topological polar surface area (TPSA) is 43.7 Å². The molecule has 0 bridgehead atoms. The third kappa shape index (κ3) is 6.39. The van der Waals surface area contributed by atoms with E-state index in [-0.39, 0.29) is 6.04 Å². The smallest absolute Gasteiger partial charge is 0.106 e. The first-order valence-corrected chi connectivity index (χ1v) is 11.5. The minimum atomic E-state index is -0.978. The third-order valence-corrected chi connectivity index (χ3v) is 6.07. The van der Waals surface area contributed by atoms with Gasteiger partial charge in [-0.2, -0.15) is 0 Å². The Morgan fingerprint density at radius 1 is 0.515 bits per heavy atom. The van der Waals surface area contributed by atoms with Gasteiger partial charge in [0.1, 0.15) is 6.10 Å². The predicted molar refractivity (Wildman–Crippen MR) is 133 cm³/mol. The third-order valence-electron chi connectivity index (χ3n) is 6.07. The maximum Gasteiger partial charge on any atom is 0.106 e. The Hall–Kier alpha value is -3.24. The molecule has 0 saturated heterocycles. The number of nitrogens with zero attached hydrogens (tertiary/aromatic N) is 1. The van der Waals surface area contributed by atoms with Crippen molar-refractivity contribution in [1.82, 2.24) is 4.90 Å². The Bertz CT molecular complexity index is 1030. The summed E-state index contributed by atoms with van der Waals surface area (Å²) in [6.07, 6.45) is -1.31. The number of hydrogen-bond acceptors (Lipinski definition) is 3. The molecule has 168 valence electrons. The summed E-state index contributed by atoms with van der Waals surface area (Å²) in [5.41, 5.74) is 4.20. The molecule has 0 fully saturated rings. The lowest BCUT2D eigenvalue weighted by Crippen LogP contribution is -2.47. The maximum absolute atomic E-state index is 11.5. The second-order valence-corrected chi connectivity index (χ2v) is 8.48. The standard InChI is InChI=1S/C30H31NO2/c32-29(27-19-11-4-12-20-27)30(33)28(21-24-13-5-1-6-14-24)31(22-25-15-7-2-8-16-25)23-26-17-9-3-10-18-26/h1-20,28-30,32-33H,21-23H2/t28-,29-,30-/m0/s1. The van der Waals surface area contributed by atoms with Gasteiger partial charge < -0.3 is 10.2 Å². The summed E-state index contributed by atoms with van der Waals surface area (Å²) >= 11 is 0. The van der Waals surface area contributed by atoms with Crippen LogP contribution in [-0.4, -0.2) is 27.3 Å². The zero-order valence-electron chi connectivity index (χ0n) is 18.7. The summed E-state index contributed by atoms with van der Waals surface area (Å²) in [6.45, 7) is 1.34. The van der Waals surface area contributed by atoms with Gasteiger partial charge >= 0.3 is 0 Å². The first kappa shape index (κ1) is 22.9. The van der Waals surface area contributed by atoms with Crippen molar-refractivity contribution in [2.24, 2.45) is 0 Å². The highest BCUT2D eigenvalue weighted by Crippen LogP contribution is 2.26. The molecule has 4 aromatic rings. The molecule has 3 heteroatoms. The monoisotopic (exact) mass is 437 g/mol. The zero-order chi connectivity index (χ0) is 22.9. The van der Waals surface area contributed by atoms with Crippen molar-refractivity contribution in [3.8, 4) is 0 Å². The predicted octanol–water partition coefficient (Wildman–Crippen LogP) is 5.39. The molecule has 0 aliphatic heterocycles. The Balaban J connectivity index is 1.69. The van der Waals surface area contributed by atoms with Crippen LogP contribution in [0.25, 0.3) is 0 Å². The maximum atomic E-state index is 11.5. The van der Waals surface area contributed by atoms with E-state index < -0.39 is 12.2 Å². The minimum absolute atomic E-state index is 0.289. The fourth-order valence-corrected chi connectivity index (χ4v) is 4.31. The molecule has 33 heavy (non-hydrogen) atoms. The summed E-state index contributed by atoms with van der Waals surface area (Å²) in [7, 11) is 0. The van der Waals surface area contributed by atoms with E-state index in [1.165, 1.54) is 11.1 Å². The molecule has 0 amide bonds. The Labute approximate surface area is 196 Å². The Morgan fingerprint density at radius 3 is 1.36 bits per heavy atom. The van der Waals surface area contributed by atoms with Gasteiger partial charge in [-0.25, -0.2) is 0 Å². The van der Waals surface area contributed by atoms with Crippen LogP contribution >= 0.6 is 0 Å². The van der Waals surface area contributed by atoms with Crippen molar-refractivity contribution < 1.29 is 10.2 Å².